The third-order valence-corrected chi connectivity index (χ3v) is 4.95. The van der Waals surface area contributed by atoms with Crippen molar-refractivity contribution in [2.45, 2.75) is 31.2 Å². The maximum atomic E-state index is 13.3. The Morgan fingerprint density at radius 1 is 1.44 bits per heavy atom. The van der Waals surface area contributed by atoms with Crippen molar-refractivity contribution in [3.05, 3.63) is 29.6 Å². The molecule has 0 spiro atoms. The summed E-state index contributed by atoms with van der Waals surface area (Å²) in [5.74, 6) is 0.212. The fraction of sp³-hybridized carbons (Fsp3) is 0.538. The van der Waals surface area contributed by atoms with Gasteiger partial charge in [-0.2, -0.15) is 0 Å². The number of hydrogen-bond donors (Lipinski definition) is 1. The van der Waals surface area contributed by atoms with Crippen molar-refractivity contribution in [1.82, 2.24) is 5.32 Å². The third-order valence-electron chi connectivity index (χ3n) is 3.13. The lowest BCUT2D eigenvalue weighted by Crippen LogP contribution is -2.32. The zero-order chi connectivity index (χ0) is 13.3. The van der Waals surface area contributed by atoms with Crippen molar-refractivity contribution in [2.24, 2.45) is 5.92 Å². The Kier molecular flexibility index (Phi) is 3.73. The molecule has 0 radical (unpaired) electrons. The lowest BCUT2D eigenvalue weighted by Gasteiger charge is -2.27. The Morgan fingerprint density at radius 3 is 2.83 bits per heavy atom. The molecule has 0 aromatic heterocycles. The minimum atomic E-state index is -3.24. The molecule has 18 heavy (non-hydrogen) atoms. The summed E-state index contributed by atoms with van der Waals surface area (Å²) >= 11 is 0. The second kappa shape index (κ2) is 4.97. The maximum Gasteiger partial charge on any atom is 0.178 e. The highest BCUT2D eigenvalue weighted by Gasteiger charge is 2.30. The van der Waals surface area contributed by atoms with Crippen molar-refractivity contribution in [3.8, 4) is 0 Å². The molecule has 1 aliphatic heterocycles. The van der Waals surface area contributed by atoms with E-state index in [9.17, 15) is 12.8 Å². The van der Waals surface area contributed by atoms with Crippen LogP contribution >= 0.6 is 0 Å². The van der Waals surface area contributed by atoms with Gasteiger partial charge in [0.1, 0.15) is 5.82 Å². The Morgan fingerprint density at radius 2 is 2.17 bits per heavy atom. The minimum Gasteiger partial charge on any atom is -0.310 e. The van der Waals surface area contributed by atoms with Gasteiger partial charge >= 0.3 is 0 Å². The number of fused-ring (bicyclic) bond motifs is 1. The molecule has 0 amide bonds. The fourth-order valence-corrected chi connectivity index (χ4v) is 3.80. The summed E-state index contributed by atoms with van der Waals surface area (Å²) in [7, 11) is -3.24. The summed E-state index contributed by atoms with van der Waals surface area (Å²) in [5.41, 5.74) is 0.571. The van der Waals surface area contributed by atoms with Gasteiger partial charge in [0.25, 0.3) is 0 Å². The zero-order valence-electron chi connectivity index (χ0n) is 10.6. The zero-order valence-corrected chi connectivity index (χ0v) is 11.4. The van der Waals surface area contributed by atoms with E-state index >= 15 is 0 Å². The lowest BCUT2D eigenvalue weighted by atomic mass is 10.0. The predicted molar refractivity (Wildman–Crippen MR) is 68.7 cm³/mol. The number of sulfone groups is 1. The van der Waals surface area contributed by atoms with Gasteiger partial charge in [-0.3, -0.25) is 0 Å². The van der Waals surface area contributed by atoms with E-state index in [1.54, 1.807) is 0 Å². The van der Waals surface area contributed by atoms with Crippen molar-refractivity contribution in [2.75, 3.05) is 12.3 Å². The van der Waals surface area contributed by atoms with Gasteiger partial charge in [-0.05, 0) is 42.6 Å². The van der Waals surface area contributed by atoms with Crippen LogP contribution in [0.5, 0.6) is 0 Å². The molecular weight excluding hydrogens is 253 g/mol. The molecule has 3 nitrogen and oxygen atoms in total. The predicted octanol–water partition coefficient (Wildman–Crippen LogP) is 2.29. The molecule has 1 unspecified atom stereocenters. The number of rotatable bonds is 3. The van der Waals surface area contributed by atoms with Crippen LogP contribution in [0.2, 0.25) is 0 Å². The summed E-state index contributed by atoms with van der Waals surface area (Å²) in [6, 6.07) is 3.86. The molecule has 0 bridgehead atoms. The van der Waals surface area contributed by atoms with Crippen LogP contribution in [0.4, 0.5) is 4.39 Å². The molecule has 1 atom stereocenters. The van der Waals surface area contributed by atoms with Crippen LogP contribution in [-0.4, -0.2) is 20.7 Å². The number of nitrogens with one attached hydrogen (secondary N) is 1. The van der Waals surface area contributed by atoms with E-state index in [-0.39, 0.29) is 22.5 Å². The smallest absolute Gasteiger partial charge is 0.178 e. The average molecular weight is 271 g/mol. The van der Waals surface area contributed by atoms with Crippen molar-refractivity contribution in [3.63, 3.8) is 0 Å². The van der Waals surface area contributed by atoms with E-state index in [4.69, 9.17) is 0 Å². The van der Waals surface area contributed by atoms with E-state index < -0.39 is 9.84 Å². The van der Waals surface area contributed by atoms with Crippen molar-refractivity contribution < 1.29 is 12.8 Å². The monoisotopic (exact) mass is 271 g/mol. The number of halogens is 1. The second-order valence-electron chi connectivity index (χ2n) is 5.14. The molecule has 1 N–H and O–H groups in total. The molecule has 100 valence electrons. The molecule has 1 aromatic rings. The van der Waals surface area contributed by atoms with Crippen LogP contribution in [0.3, 0.4) is 0 Å². The molecular formula is C13H18FNO2S. The molecule has 1 aromatic carbocycles. The standard InChI is InChI=1S/C13H18FNO2S/c1-9(2)8-15-12-5-6-18(16,17)13-4-3-10(14)7-11(12)13/h3-4,7,9,12,15H,5-6,8H2,1-2H3. The van der Waals surface area contributed by atoms with E-state index in [2.05, 4.69) is 19.2 Å². The summed E-state index contributed by atoms with van der Waals surface area (Å²) in [5, 5.41) is 3.31. The largest absolute Gasteiger partial charge is 0.310 e. The highest BCUT2D eigenvalue weighted by molar-refractivity contribution is 7.91. The van der Waals surface area contributed by atoms with Crippen LogP contribution < -0.4 is 5.32 Å². The lowest BCUT2D eigenvalue weighted by molar-refractivity contribution is 0.448. The minimum absolute atomic E-state index is 0.0679. The molecule has 0 saturated carbocycles. The SMILES string of the molecule is CC(C)CNC1CCS(=O)(=O)c2ccc(F)cc21. The first kappa shape index (κ1) is 13.5. The van der Waals surface area contributed by atoms with Gasteiger partial charge in [-0.1, -0.05) is 13.8 Å². The highest BCUT2D eigenvalue weighted by Crippen LogP contribution is 2.32. The number of hydrogen-bond acceptors (Lipinski definition) is 3. The summed E-state index contributed by atoms with van der Waals surface area (Å²) in [6.07, 6.45) is 0.505. The molecule has 1 heterocycles. The second-order valence-corrected chi connectivity index (χ2v) is 7.22. The van der Waals surface area contributed by atoms with E-state index in [0.29, 0.717) is 17.9 Å². The van der Waals surface area contributed by atoms with Gasteiger partial charge in [0, 0.05) is 6.04 Å². The normalized spacial score (nSPS) is 21.9. The first-order valence-electron chi connectivity index (χ1n) is 6.16. The maximum absolute atomic E-state index is 13.3. The topological polar surface area (TPSA) is 46.2 Å². The van der Waals surface area contributed by atoms with Crippen LogP contribution in [0.15, 0.2) is 23.1 Å². The van der Waals surface area contributed by atoms with Gasteiger partial charge < -0.3 is 5.32 Å². The Bertz CT molecular complexity index is 540. The number of benzene rings is 1. The fourth-order valence-electron chi connectivity index (χ4n) is 2.20. The summed E-state index contributed by atoms with van der Waals surface area (Å²) < 4.78 is 37.1. The average Bonchev–Trinajstić information content (AvgIpc) is 2.27. The highest BCUT2D eigenvalue weighted by atomic mass is 32.2. The van der Waals surface area contributed by atoms with E-state index in [1.807, 2.05) is 0 Å². The van der Waals surface area contributed by atoms with Crippen molar-refractivity contribution >= 4 is 9.84 Å². The quantitative estimate of drug-likeness (QED) is 0.858. The van der Waals surface area contributed by atoms with Crippen molar-refractivity contribution in [1.29, 1.82) is 0 Å². The molecule has 0 fully saturated rings. The molecule has 0 aliphatic carbocycles. The Hall–Kier alpha value is -0.940. The van der Waals surface area contributed by atoms with Gasteiger partial charge in [-0.25, -0.2) is 12.8 Å². The molecule has 5 heteroatoms. The third kappa shape index (κ3) is 2.72. The Labute approximate surface area is 107 Å². The first-order chi connectivity index (χ1) is 8.40. The molecule has 1 aliphatic rings. The van der Waals surface area contributed by atoms with E-state index in [1.165, 1.54) is 18.2 Å². The van der Waals surface area contributed by atoms with Gasteiger partial charge in [0.15, 0.2) is 9.84 Å². The van der Waals surface area contributed by atoms with Crippen LogP contribution in [0, 0.1) is 11.7 Å². The first-order valence-corrected chi connectivity index (χ1v) is 7.81. The summed E-state index contributed by atoms with van der Waals surface area (Å²) in [4.78, 5) is 0.274. The molecule has 0 saturated heterocycles. The van der Waals surface area contributed by atoms with Gasteiger partial charge in [0.05, 0.1) is 10.6 Å². The molecule has 2 rings (SSSR count). The van der Waals surface area contributed by atoms with Crippen LogP contribution in [-0.2, 0) is 9.84 Å². The van der Waals surface area contributed by atoms with Gasteiger partial charge in [0.2, 0.25) is 0 Å². The Balaban J connectivity index is 2.35. The van der Waals surface area contributed by atoms with Crippen LogP contribution in [0.1, 0.15) is 31.9 Å². The van der Waals surface area contributed by atoms with Crippen LogP contribution in [0.25, 0.3) is 0 Å². The van der Waals surface area contributed by atoms with E-state index in [0.717, 1.165) is 6.54 Å². The summed E-state index contributed by atoms with van der Waals surface area (Å²) in [6.45, 7) is 4.96. The van der Waals surface area contributed by atoms with Gasteiger partial charge in [-0.15, -0.1) is 0 Å².